The molecule has 1 amide bonds. The van der Waals surface area contributed by atoms with E-state index >= 15 is 0 Å². The van der Waals surface area contributed by atoms with Crippen LogP contribution in [0.2, 0.25) is 0 Å². The molecule has 11 heavy (non-hydrogen) atoms. The summed E-state index contributed by atoms with van der Waals surface area (Å²) in [6.45, 7) is 0.587. The molecule has 0 spiro atoms. The van der Waals surface area contributed by atoms with Gasteiger partial charge in [-0.05, 0) is 19.3 Å². The maximum absolute atomic E-state index is 10.6. The Bertz CT molecular complexity index is 195. The predicted octanol–water partition coefficient (Wildman–Crippen LogP) is 1.15. The fourth-order valence-corrected chi connectivity index (χ4v) is 1.33. The standard InChI is InChI=1S/C8H11NO2/c1-2-7-5-3-4-6-9(7)8(10)11/h1,7H,3-6H2,(H,10,11). The van der Waals surface area contributed by atoms with E-state index in [0.717, 1.165) is 19.3 Å². The summed E-state index contributed by atoms with van der Waals surface area (Å²) >= 11 is 0. The van der Waals surface area contributed by atoms with Crippen molar-refractivity contribution >= 4 is 6.09 Å². The number of rotatable bonds is 0. The fourth-order valence-electron chi connectivity index (χ4n) is 1.33. The van der Waals surface area contributed by atoms with Crippen LogP contribution in [-0.2, 0) is 0 Å². The first kappa shape index (κ1) is 7.93. The van der Waals surface area contributed by atoms with Crippen molar-refractivity contribution in [2.24, 2.45) is 0 Å². The molecule has 1 heterocycles. The smallest absolute Gasteiger partial charge is 0.408 e. The molecule has 0 aromatic carbocycles. The van der Waals surface area contributed by atoms with Crippen LogP contribution in [0.25, 0.3) is 0 Å². The van der Waals surface area contributed by atoms with Crippen molar-refractivity contribution in [1.82, 2.24) is 4.90 Å². The number of carbonyl (C=O) groups is 1. The summed E-state index contributed by atoms with van der Waals surface area (Å²) in [5.74, 6) is 2.48. The highest BCUT2D eigenvalue weighted by atomic mass is 16.4. The van der Waals surface area contributed by atoms with E-state index in [1.165, 1.54) is 4.90 Å². The minimum absolute atomic E-state index is 0.193. The lowest BCUT2D eigenvalue weighted by Crippen LogP contribution is -2.41. The van der Waals surface area contributed by atoms with E-state index in [1.54, 1.807) is 0 Å². The van der Waals surface area contributed by atoms with Gasteiger partial charge < -0.3 is 5.11 Å². The van der Waals surface area contributed by atoms with Crippen molar-refractivity contribution in [3.05, 3.63) is 0 Å². The van der Waals surface area contributed by atoms with Crippen LogP contribution in [0.3, 0.4) is 0 Å². The minimum Gasteiger partial charge on any atom is -0.465 e. The van der Waals surface area contributed by atoms with Gasteiger partial charge >= 0.3 is 6.09 Å². The number of carboxylic acid groups (broad SMARTS) is 1. The Morgan fingerprint density at radius 1 is 1.64 bits per heavy atom. The third kappa shape index (κ3) is 1.64. The average Bonchev–Trinajstić information content (AvgIpc) is 2.04. The quantitative estimate of drug-likeness (QED) is 0.530. The molecule has 1 atom stereocenters. The molecule has 1 aliphatic rings. The zero-order valence-corrected chi connectivity index (χ0v) is 6.29. The molecule has 1 aliphatic heterocycles. The molecule has 0 aliphatic carbocycles. The van der Waals surface area contributed by atoms with Crippen molar-refractivity contribution in [3.8, 4) is 12.3 Å². The fraction of sp³-hybridized carbons (Fsp3) is 0.625. The van der Waals surface area contributed by atoms with E-state index in [1.807, 2.05) is 0 Å². The SMILES string of the molecule is C#CC1CCCCN1C(=O)O. The van der Waals surface area contributed by atoms with E-state index in [9.17, 15) is 4.79 Å². The van der Waals surface area contributed by atoms with Crippen molar-refractivity contribution in [2.45, 2.75) is 25.3 Å². The van der Waals surface area contributed by atoms with Gasteiger partial charge in [-0.15, -0.1) is 6.42 Å². The van der Waals surface area contributed by atoms with Crippen LogP contribution in [-0.4, -0.2) is 28.7 Å². The lowest BCUT2D eigenvalue weighted by Gasteiger charge is -2.29. The summed E-state index contributed by atoms with van der Waals surface area (Å²) < 4.78 is 0. The first-order valence-electron chi connectivity index (χ1n) is 3.71. The second-order valence-corrected chi connectivity index (χ2v) is 2.65. The molecular weight excluding hydrogens is 142 g/mol. The van der Waals surface area contributed by atoms with Gasteiger partial charge in [0.15, 0.2) is 0 Å². The van der Waals surface area contributed by atoms with Gasteiger partial charge in [0.1, 0.15) is 0 Å². The van der Waals surface area contributed by atoms with E-state index in [-0.39, 0.29) is 6.04 Å². The van der Waals surface area contributed by atoms with Gasteiger partial charge in [-0.1, -0.05) is 5.92 Å². The van der Waals surface area contributed by atoms with Crippen LogP contribution in [0, 0.1) is 12.3 Å². The summed E-state index contributed by atoms with van der Waals surface area (Å²) in [5.41, 5.74) is 0. The summed E-state index contributed by atoms with van der Waals surface area (Å²) in [6, 6.07) is -0.193. The topological polar surface area (TPSA) is 40.5 Å². The second-order valence-electron chi connectivity index (χ2n) is 2.65. The normalized spacial score (nSPS) is 24.3. The number of nitrogens with zero attached hydrogens (tertiary/aromatic N) is 1. The van der Waals surface area contributed by atoms with Gasteiger partial charge in [0.2, 0.25) is 0 Å². The first-order valence-corrected chi connectivity index (χ1v) is 3.71. The van der Waals surface area contributed by atoms with Gasteiger partial charge in [-0.25, -0.2) is 4.79 Å². The summed E-state index contributed by atoms with van der Waals surface area (Å²) in [6.07, 6.45) is 7.06. The molecule has 1 fully saturated rings. The van der Waals surface area contributed by atoms with Gasteiger partial charge in [-0.2, -0.15) is 0 Å². The molecule has 0 bridgehead atoms. The molecule has 1 saturated heterocycles. The van der Waals surface area contributed by atoms with Crippen molar-refractivity contribution in [1.29, 1.82) is 0 Å². The highest BCUT2D eigenvalue weighted by Crippen LogP contribution is 2.15. The lowest BCUT2D eigenvalue weighted by molar-refractivity contribution is 0.122. The predicted molar refractivity (Wildman–Crippen MR) is 41.2 cm³/mol. The first-order chi connectivity index (χ1) is 5.25. The van der Waals surface area contributed by atoms with Crippen LogP contribution in [0.15, 0.2) is 0 Å². The number of hydrogen-bond acceptors (Lipinski definition) is 1. The van der Waals surface area contributed by atoms with Crippen molar-refractivity contribution in [2.75, 3.05) is 6.54 Å². The van der Waals surface area contributed by atoms with Gasteiger partial charge in [0.25, 0.3) is 0 Å². The number of hydrogen-bond donors (Lipinski definition) is 1. The lowest BCUT2D eigenvalue weighted by atomic mass is 10.0. The third-order valence-electron chi connectivity index (χ3n) is 1.94. The zero-order chi connectivity index (χ0) is 8.27. The van der Waals surface area contributed by atoms with Crippen molar-refractivity contribution in [3.63, 3.8) is 0 Å². The molecule has 3 heteroatoms. The Labute approximate surface area is 66.0 Å². The highest BCUT2D eigenvalue weighted by molar-refractivity contribution is 5.66. The van der Waals surface area contributed by atoms with E-state index in [2.05, 4.69) is 5.92 Å². The molecular formula is C8H11NO2. The van der Waals surface area contributed by atoms with Gasteiger partial charge in [0.05, 0.1) is 6.04 Å². The summed E-state index contributed by atoms with van der Waals surface area (Å²) in [5, 5.41) is 8.67. The molecule has 60 valence electrons. The van der Waals surface area contributed by atoms with E-state index in [0.29, 0.717) is 6.54 Å². The van der Waals surface area contributed by atoms with Crippen molar-refractivity contribution < 1.29 is 9.90 Å². The Balaban J connectivity index is 2.60. The Kier molecular flexibility index (Phi) is 2.37. The van der Waals surface area contributed by atoms with Crippen LogP contribution < -0.4 is 0 Å². The Morgan fingerprint density at radius 3 is 2.82 bits per heavy atom. The zero-order valence-electron chi connectivity index (χ0n) is 6.29. The maximum atomic E-state index is 10.6. The average molecular weight is 153 g/mol. The highest BCUT2D eigenvalue weighted by Gasteiger charge is 2.23. The Morgan fingerprint density at radius 2 is 2.36 bits per heavy atom. The van der Waals surface area contributed by atoms with Crippen LogP contribution in [0.5, 0.6) is 0 Å². The van der Waals surface area contributed by atoms with E-state index < -0.39 is 6.09 Å². The van der Waals surface area contributed by atoms with Gasteiger partial charge in [0, 0.05) is 6.54 Å². The second kappa shape index (κ2) is 3.29. The van der Waals surface area contributed by atoms with Crippen LogP contribution in [0.4, 0.5) is 4.79 Å². The number of piperidine rings is 1. The molecule has 1 N–H and O–H groups in total. The molecule has 0 saturated carbocycles. The van der Waals surface area contributed by atoms with Gasteiger partial charge in [-0.3, -0.25) is 4.90 Å². The maximum Gasteiger partial charge on any atom is 0.408 e. The summed E-state index contributed by atoms with van der Waals surface area (Å²) in [4.78, 5) is 11.9. The molecule has 3 nitrogen and oxygen atoms in total. The number of amides is 1. The molecule has 1 rings (SSSR count). The number of terminal acetylenes is 1. The van der Waals surface area contributed by atoms with E-state index in [4.69, 9.17) is 11.5 Å². The largest absolute Gasteiger partial charge is 0.465 e. The van der Waals surface area contributed by atoms with Crippen LogP contribution >= 0.6 is 0 Å². The molecule has 0 aromatic rings. The molecule has 0 radical (unpaired) electrons. The molecule has 1 unspecified atom stereocenters. The third-order valence-corrected chi connectivity index (χ3v) is 1.94. The number of likely N-dealkylation sites (tertiary alicyclic amines) is 1. The minimum atomic E-state index is -0.896. The monoisotopic (exact) mass is 153 g/mol. The molecule has 0 aromatic heterocycles. The summed E-state index contributed by atoms with van der Waals surface area (Å²) in [7, 11) is 0. The van der Waals surface area contributed by atoms with Crippen LogP contribution in [0.1, 0.15) is 19.3 Å². The Hall–Kier alpha value is -1.17.